The number of ether oxygens (including phenoxy) is 2. The second kappa shape index (κ2) is 8.53. The van der Waals surface area contributed by atoms with Crippen LogP contribution in [0.15, 0.2) is 71.8 Å². The van der Waals surface area contributed by atoms with E-state index >= 15 is 0 Å². The topological polar surface area (TPSA) is 38.8 Å². The number of nitrogens with zero attached hydrogens (tertiary/aromatic N) is 1. The first-order valence-electron chi connectivity index (χ1n) is 10.4. The van der Waals surface area contributed by atoms with Crippen LogP contribution in [-0.2, 0) is 13.0 Å². The molecule has 31 heavy (non-hydrogen) atoms. The minimum Gasteiger partial charge on any atom is -0.477 e. The number of Topliss-reactive ketones (excluding diaryl/α,β-unsaturated/α-hetero) is 1. The predicted molar refractivity (Wildman–Crippen MR) is 124 cm³/mol. The lowest BCUT2D eigenvalue weighted by Gasteiger charge is -2.30. The number of carbonyl (C=O) groups is 1. The fraction of sp³-hybridized carbons (Fsp3) is 0.192. The van der Waals surface area contributed by atoms with E-state index in [1.807, 2.05) is 55.5 Å². The summed E-state index contributed by atoms with van der Waals surface area (Å²) in [7, 11) is 0. The maximum Gasteiger partial charge on any atom is 0.231 e. The maximum atomic E-state index is 13.0. The number of carbonyl (C=O) groups excluding carboxylic acids is 1. The van der Waals surface area contributed by atoms with Crippen molar-refractivity contribution in [2.75, 3.05) is 13.3 Å². The molecular weight excluding hydrogens is 406 g/mol. The van der Waals surface area contributed by atoms with Gasteiger partial charge < -0.3 is 9.47 Å². The Labute approximate surface area is 186 Å². The summed E-state index contributed by atoms with van der Waals surface area (Å²) in [6.45, 7) is 4.22. The van der Waals surface area contributed by atoms with Gasteiger partial charge in [-0.25, -0.2) is 0 Å². The molecule has 0 amide bonds. The van der Waals surface area contributed by atoms with E-state index < -0.39 is 0 Å². The van der Waals surface area contributed by atoms with Crippen LogP contribution in [0.4, 0.5) is 0 Å². The number of allylic oxidation sites excluding steroid dienone is 3. The zero-order valence-corrected chi connectivity index (χ0v) is 18.2. The minimum atomic E-state index is -0.0747. The van der Waals surface area contributed by atoms with Crippen LogP contribution in [0.5, 0.6) is 11.5 Å². The van der Waals surface area contributed by atoms with Crippen molar-refractivity contribution >= 4 is 23.2 Å². The Kier molecular flexibility index (Phi) is 5.45. The minimum absolute atomic E-state index is 0.0747. The number of rotatable bonds is 5. The van der Waals surface area contributed by atoms with Gasteiger partial charge in [-0.2, -0.15) is 0 Å². The van der Waals surface area contributed by atoms with Crippen LogP contribution >= 0.6 is 11.3 Å². The highest BCUT2D eigenvalue weighted by molar-refractivity contribution is 7.09. The molecule has 0 atom stereocenters. The molecule has 1 aromatic heterocycles. The zero-order chi connectivity index (χ0) is 21.2. The first-order valence-corrected chi connectivity index (χ1v) is 11.3. The van der Waals surface area contributed by atoms with Gasteiger partial charge in [-0.3, -0.25) is 9.69 Å². The Bertz CT molecular complexity index is 1160. The van der Waals surface area contributed by atoms with E-state index in [2.05, 4.69) is 22.4 Å². The molecule has 2 aliphatic rings. The van der Waals surface area contributed by atoms with E-state index in [4.69, 9.17) is 9.47 Å². The second-order valence-corrected chi connectivity index (χ2v) is 8.79. The van der Waals surface area contributed by atoms with Crippen molar-refractivity contribution in [3.8, 4) is 11.5 Å². The standard InChI is InChI=1S/C26H23NO3S/c1-18-25-20(16-27(17-29-25)13-12-21-10-6-14-31-21)15-22-24(28)23(30-26(18)22)11-5-9-19-7-3-2-4-8-19/h2-11,14-15H,12-13,16-17H2,1H3/b9-5+,23-11-. The second-order valence-electron chi connectivity index (χ2n) is 7.75. The summed E-state index contributed by atoms with van der Waals surface area (Å²) in [6.07, 6.45) is 6.55. The van der Waals surface area contributed by atoms with Crippen LogP contribution in [0, 0.1) is 6.92 Å². The Balaban J connectivity index is 1.33. The molecule has 156 valence electrons. The number of ketones is 1. The molecule has 0 N–H and O–H groups in total. The summed E-state index contributed by atoms with van der Waals surface area (Å²) in [6, 6.07) is 16.2. The highest BCUT2D eigenvalue weighted by Gasteiger charge is 2.33. The van der Waals surface area contributed by atoms with Crippen molar-refractivity contribution < 1.29 is 14.3 Å². The summed E-state index contributed by atoms with van der Waals surface area (Å²) in [4.78, 5) is 16.6. The average molecular weight is 430 g/mol. The molecule has 3 aromatic rings. The highest BCUT2D eigenvalue weighted by Crippen LogP contribution is 2.42. The average Bonchev–Trinajstić information content (AvgIpc) is 3.42. The van der Waals surface area contributed by atoms with Gasteiger partial charge in [0.1, 0.15) is 18.2 Å². The van der Waals surface area contributed by atoms with Crippen molar-refractivity contribution in [1.29, 1.82) is 0 Å². The smallest absolute Gasteiger partial charge is 0.231 e. The summed E-state index contributed by atoms with van der Waals surface area (Å²) in [5, 5.41) is 2.11. The predicted octanol–water partition coefficient (Wildman–Crippen LogP) is 5.62. The van der Waals surface area contributed by atoms with Crippen molar-refractivity contribution in [3.63, 3.8) is 0 Å². The van der Waals surface area contributed by atoms with Crippen LogP contribution in [0.2, 0.25) is 0 Å². The Hall–Kier alpha value is -3.15. The van der Waals surface area contributed by atoms with Crippen LogP contribution in [0.1, 0.15) is 31.9 Å². The number of thiophene rings is 1. The molecule has 3 heterocycles. The Morgan fingerprint density at radius 1 is 1.13 bits per heavy atom. The molecule has 0 aliphatic carbocycles. The molecule has 2 aliphatic heterocycles. The van der Waals surface area contributed by atoms with E-state index in [0.29, 0.717) is 23.8 Å². The quantitative estimate of drug-likeness (QED) is 0.493. The Morgan fingerprint density at radius 2 is 2.00 bits per heavy atom. The fourth-order valence-corrected chi connectivity index (χ4v) is 4.69. The lowest BCUT2D eigenvalue weighted by atomic mass is 10.00. The normalized spacial score (nSPS) is 16.9. The van der Waals surface area contributed by atoms with E-state index in [1.54, 1.807) is 17.4 Å². The molecule has 2 aromatic carbocycles. The Morgan fingerprint density at radius 3 is 2.81 bits per heavy atom. The third kappa shape index (κ3) is 4.07. The third-order valence-electron chi connectivity index (χ3n) is 5.59. The van der Waals surface area contributed by atoms with Gasteiger partial charge in [0.25, 0.3) is 0 Å². The number of hydrogen-bond donors (Lipinski definition) is 0. The molecule has 0 unspecified atom stereocenters. The van der Waals surface area contributed by atoms with Gasteiger partial charge in [0.05, 0.1) is 5.56 Å². The lowest BCUT2D eigenvalue weighted by Crippen LogP contribution is -2.34. The highest BCUT2D eigenvalue weighted by atomic mass is 32.1. The van der Waals surface area contributed by atoms with Gasteiger partial charge in [-0.1, -0.05) is 48.6 Å². The molecular formula is C26H23NO3S. The largest absolute Gasteiger partial charge is 0.477 e. The first-order chi connectivity index (χ1) is 15.2. The van der Waals surface area contributed by atoms with Crippen molar-refractivity contribution in [1.82, 2.24) is 4.90 Å². The third-order valence-corrected chi connectivity index (χ3v) is 6.53. The van der Waals surface area contributed by atoms with Crippen molar-refractivity contribution in [3.05, 3.63) is 99.0 Å². The zero-order valence-electron chi connectivity index (χ0n) is 17.3. The molecule has 0 saturated heterocycles. The van der Waals surface area contributed by atoms with Gasteiger partial charge in [0.15, 0.2) is 5.76 Å². The lowest BCUT2D eigenvalue weighted by molar-refractivity contribution is 0.0956. The van der Waals surface area contributed by atoms with Crippen LogP contribution < -0.4 is 9.47 Å². The van der Waals surface area contributed by atoms with E-state index in [9.17, 15) is 4.79 Å². The van der Waals surface area contributed by atoms with Gasteiger partial charge in [0.2, 0.25) is 5.78 Å². The first kappa shape index (κ1) is 19.8. The van der Waals surface area contributed by atoms with Gasteiger partial charge in [0, 0.05) is 29.1 Å². The van der Waals surface area contributed by atoms with Gasteiger partial charge >= 0.3 is 0 Å². The molecule has 0 fully saturated rings. The van der Waals surface area contributed by atoms with Crippen molar-refractivity contribution in [2.24, 2.45) is 0 Å². The summed E-state index contributed by atoms with van der Waals surface area (Å²) in [5.41, 5.74) is 3.64. The number of benzene rings is 2. The van der Waals surface area contributed by atoms with Crippen LogP contribution in [-0.4, -0.2) is 24.0 Å². The van der Waals surface area contributed by atoms with Gasteiger partial charge in [-0.15, -0.1) is 11.3 Å². The maximum absolute atomic E-state index is 13.0. The molecule has 5 heteroatoms. The number of fused-ring (bicyclic) bond motifs is 2. The fourth-order valence-electron chi connectivity index (χ4n) is 3.99. The van der Waals surface area contributed by atoms with Gasteiger partial charge in [-0.05, 0) is 42.5 Å². The van der Waals surface area contributed by atoms with Crippen molar-refractivity contribution in [2.45, 2.75) is 19.9 Å². The van der Waals surface area contributed by atoms with E-state index in [0.717, 1.165) is 42.0 Å². The monoisotopic (exact) mass is 429 g/mol. The summed E-state index contributed by atoms with van der Waals surface area (Å²) in [5.74, 6) is 1.74. The summed E-state index contributed by atoms with van der Waals surface area (Å²) < 4.78 is 12.0. The van der Waals surface area contributed by atoms with Crippen LogP contribution in [0.25, 0.3) is 6.08 Å². The SMILES string of the molecule is Cc1c2c(cc3c1O/C(=C\C=C\c1ccccc1)C3=O)CN(CCc1cccs1)CO2. The molecule has 4 nitrogen and oxygen atoms in total. The molecule has 0 radical (unpaired) electrons. The molecule has 5 rings (SSSR count). The van der Waals surface area contributed by atoms with Crippen LogP contribution in [0.3, 0.4) is 0 Å². The van der Waals surface area contributed by atoms with E-state index in [1.165, 1.54) is 4.88 Å². The number of hydrogen-bond acceptors (Lipinski definition) is 5. The summed E-state index contributed by atoms with van der Waals surface area (Å²) >= 11 is 1.78. The molecule has 0 spiro atoms. The van der Waals surface area contributed by atoms with E-state index in [-0.39, 0.29) is 5.78 Å². The molecule has 0 saturated carbocycles. The molecule has 0 bridgehead atoms.